The zero-order valence-corrected chi connectivity index (χ0v) is 19.3. The Labute approximate surface area is 189 Å². The van der Waals surface area contributed by atoms with Gasteiger partial charge in [0.1, 0.15) is 0 Å². The standard InChI is InChI=1S/C23H35N5O2S/c1-2-24-22(25-12-13-26-23-27-20-8-3-4-9-21(20)31-23)28-14-10-18(11-15-28)30-17-19-7-5-6-16-29-19/h3-4,8-9,18-19H,2,5-7,10-17H2,1H3,(H,24,25)(H,26,27). The van der Waals surface area contributed by atoms with Crippen molar-refractivity contribution in [2.75, 3.05) is 51.3 Å². The van der Waals surface area contributed by atoms with Gasteiger partial charge in [-0.15, -0.1) is 0 Å². The summed E-state index contributed by atoms with van der Waals surface area (Å²) in [5.74, 6) is 1.00. The van der Waals surface area contributed by atoms with Crippen LogP contribution < -0.4 is 10.6 Å². The number of ether oxygens (including phenoxy) is 2. The third kappa shape index (κ3) is 6.54. The van der Waals surface area contributed by atoms with E-state index in [0.717, 1.165) is 75.3 Å². The highest BCUT2D eigenvalue weighted by Crippen LogP contribution is 2.25. The molecule has 1 aromatic heterocycles. The zero-order chi connectivity index (χ0) is 21.3. The van der Waals surface area contributed by atoms with E-state index in [2.05, 4.69) is 39.6 Å². The van der Waals surface area contributed by atoms with E-state index in [1.54, 1.807) is 11.3 Å². The molecule has 2 fully saturated rings. The molecule has 0 saturated carbocycles. The Kier molecular flexibility index (Phi) is 8.38. The fraction of sp³-hybridized carbons (Fsp3) is 0.652. The number of fused-ring (bicyclic) bond motifs is 1. The third-order valence-electron chi connectivity index (χ3n) is 5.81. The highest BCUT2D eigenvalue weighted by molar-refractivity contribution is 7.22. The van der Waals surface area contributed by atoms with E-state index in [-0.39, 0.29) is 0 Å². The number of para-hydroxylation sites is 1. The lowest BCUT2D eigenvalue weighted by Crippen LogP contribution is -2.47. The molecule has 170 valence electrons. The molecule has 2 aliphatic heterocycles. The van der Waals surface area contributed by atoms with Gasteiger partial charge in [-0.25, -0.2) is 4.98 Å². The lowest BCUT2D eigenvalue weighted by atomic mass is 10.1. The molecule has 0 spiro atoms. The van der Waals surface area contributed by atoms with Gasteiger partial charge in [0.15, 0.2) is 11.1 Å². The first-order valence-corrected chi connectivity index (χ1v) is 12.5. The average molecular weight is 446 g/mol. The fourth-order valence-corrected chi connectivity index (χ4v) is 5.01. The number of likely N-dealkylation sites (tertiary alicyclic amines) is 1. The second-order valence-electron chi connectivity index (χ2n) is 8.16. The van der Waals surface area contributed by atoms with Crippen molar-refractivity contribution >= 4 is 32.6 Å². The SMILES string of the molecule is CCNC(=NCCNc1nc2ccccc2s1)N1CCC(OCC2CCCCO2)CC1. The lowest BCUT2D eigenvalue weighted by molar-refractivity contribution is -0.0721. The second-order valence-corrected chi connectivity index (χ2v) is 9.19. The number of hydrogen-bond donors (Lipinski definition) is 2. The molecule has 3 heterocycles. The Morgan fingerprint density at radius 2 is 2.13 bits per heavy atom. The first-order valence-electron chi connectivity index (χ1n) is 11.7. The van der Waals surface area contributed by atoms with E-state index < -0.39 is 0 Å². The minimum atomic E-state index is 0.300. The maximum atomic E-state index is 6.16. The van der Waals surface area contributed by atoms with Crippen molar-refractivity contribution in [2.24, 2.45) is 4.99 Å². The van der Waals surface area contributed by atoms with Gasteiger partial charge in [-0.2, -0.15) is 0 Å². The van der Waals surface area contributed by atoms with Crippen LogP contribution in [0.3, 0.4) is 0 Å². The maximum absolute atomic E-state index is 6.16. The van der Waals surface area contributed by atoms with Crippen molar-refractivity contribution in [1.82, 2.24) is 15.2 Å². The Morgan fingerprint density at radius 1 is 1.26 bits per heavy atom. The Morgan fingerprint density at radius 3 is 2.90 bits per heavy atom. The van der Waals surface area contributed by atoms with Crippen molar-refractivity contribution in [3.05, 3.63) is 24.3 Å². The molecule has 0 aliphatic carbocycles. The molecule has 7 nitrogen and oxygen atoms in total. The van der Waals surface area contributed by atoms with E-state index in [4.69, 9.17) is 14.5 Å². The maximum Gasteiger partial charge on any atom is 0.193 e. The number of anilines is 1. The summed E-state index contributed by atoms with van der Waals surface area (Å²) in [5.41, 5.74) is 1.05. The molecular formula is C23H35N5O2S. The van der Waals surface area contributed by atoms with E-state index >= 15 is 0 Å². The molecule has 2 N–H and O–H groups in total. The van der Waals surface area contributed by atoms with Crippen LogP contribution >= 0.6 is 11.3 Å². The van der Waals surface area contributed by atoms with Gasteiger partial charge in [0, 0.05) is 32.8 Å². The van der Waals surface area contributed by atoms with Gasteiger partial charge in [-0.05, 0) is 51.2 Å². The molecule has 1 unspecified atom stereocenters. The van der Waals surface area contributed by atoms with E-state index in [1.807, 2.05) is 12.1 Å². The summed E-state index contributed by atoms with van der Waals surface area (Å²) in [5, 5.41) is 7.82. The van der Waals surface area contributed by atoms with Crippen LogP contribution in [0.4, 0.5) is 5.13 Å². The number of guanidine groups is 1. The topological polar surface area (TPSA) is 71.0 Å². The quantitative estimate of drug-likeness (QED) is 0.367. The molecule has 8 heteroatoms. The molecule has 0 bridgehead atoms. The minimum absolute atomic E-state index is 0.300. The van der Waals surface area contributed by atoms with Crippen LogP contribution in [-0.4, -0.2) is 74.0 Å². The Bertz CT molecular complexity index is 795. The van der Waals surface area contributed by atoms with Crippen molar-refractivity contribution < 1.29 is 9.47 Å². The Hall–Kier alpha value is -1.90. The highest BCUT2D eigenvalue weighted by Gasteiger charge is 2.23. The summed E-state index contributed by atoms with van der Waals surface area (Å²) >= 11 is 1.69. The van der Waals surface area contributed by atoms with Crippen molar-refractivity contribution in [3.8, 4) is 0 Å². The molecule has 1 atom stereocenters. The van der Waals surface area contributed by atoms with Gasteiger partial charge >= 0.3 is 0 Å². The monoisotopic (exact) mass is 445 g/mol. The van der Waals surface area contributed by atoms with Crippen LogP contribution in [0.15, 0.2) is 29.3 Å². The van der Waals surface area contributed by atoms with E-state index in [0.29, 0.717) is 18.8 Å². The van der Waals surface area contributed by atoms with Gasteiger partial charge in [0.25, 0.3) is 0 Å². The molecule has 0 amide bonds. The number of benzene rings is 1. The average Bonchev–Trinajstić information content (AvgIpc) is 3.24. The summed E-state index contributed by atoms with van der Waals surface area (Å²) in [6.07, 6.45) is 6.32. The van der Waals surface area contributed by atoms with Crippen LogP contribution in [0.2, 0.25) is 0 Å². The van der Waals surface area contributed by atoms with E-state index in [1.165, 1.54) is 17.5 Å². The Balaban J connectivity index is 1.20. The van der Waals surface area contributed by atoms with Crippen molar-refractivity contribution in [3.63, 3.8) is 0 Å². The molecule has 1 aromatic carbocycles. The first kappa shape index (κ1) is 22.3. The third-order valence-corrected chi connectivity index (χ3v) is 6.81. The van der Waals surface area contributed by atoms with Gasteiger partial charge in [0.2, 0.25) is 0 Å². The smallest absolute Gasteiger partial charge is 0.193 e. The zero-order valence-electron chi connectivity index (χ0n) is 18.5. The van der Waals surface area contributed by atoms with Crippen molar-refractivity contribution in [1.29, 1.82) is 0 Å². The summed E-state index contributed by atoms with van der Waals surface area (Å²) in [6, 6.07) is 8.23. The predicted molar refractivity (Wildman–Crippen MR) is 128 cm³/mol. The molecule has 4 rings (SSSR count). The molecule has 0 radical (unpaired) electrons. The van der Waals surface area contributed by atoms with Gasteiger partial charge < -0.3 is 25.0 Å². The molecule has 2 aromatic rings. The second kappa shape index (κ2) is 11.6. The number of aliphatic imine (C=N–C) groups is 1. The van der Waals surface area contributed by atoms with Crippen LogP contribution in [0.1, 0.15) is 39.0 Å². The number of aromatic nitrogens is 1. The van der Waals surface area contributed by atoms with E-state index in [9.17, 15) is 0 Å². The predicted octanol–water partition coefficient (Wildman–Crippen LogP) is 3.72. The number of rotatable bonds is 8. The van der Waals surface area contributed by atoms with Gasteiger partial charge in [0.05, 0.1) is 35.6 Å². The summed E-state index contributed by atoms with van der Waals surface area (Å²) in [6.45, 7) is 8.08. The fourth-order valence-electron chi connectivity index (χ4n) is 4.11. The van der Waals surface area contributed by atoms with Crippen molar-refractivity contribution in [2.45, 2.75) is 51.2 Å². The molecule has 31 heavy (non-hydrogen) atoms. The minimum Gasteiger partial charge on any atom is -0.376 e. The van der Waals surface area contributed by atoms with Crippen LogP contribution in [0.25, 0.3) is 10.2 Å². The highest BCUT2D eigenvalue weighted by atomic mass is 32.1. The molecule has 2 saturated heterocycles. The lowest BCUT2D eigenvalue weighted by Gasteiger charge is -2.35. The normalized spacial score (nSPS) is 20.9. The summed E-state index contributed by atoms with van der Waals surface area (Å²) in [4.78, 5) is 11.8. The van der Waals surface area contributed by atoms with Gasteiger partial charge in [-0.1, -0.05) is 23.5 Å². The summed E-state index contributed by atoms with van der Waals surface area (Å²) < 4.78 is 13.2. The molecular weight excluding hydrogens is 410 g/mol. The van der Waals surface area contributed by atoms with Crippen LogP contribution in [-0.2, 0) is 9.47 Å². The number of nitrogens with one attached hydrogen (secondary N) is 2. The van der Waals surface area contributed by atoms with Crippen LogP contribution in [0.5, 0.6) is 0 Å². The largest absolute Gasteiger partial charge is 0.376 e. The number of nitrogens with zero attached hydrogens (tertiary/aromatic N) is 3. The number of piperidine rings is 1. The molecule has 2 aliphatic rings. The number of thiazole rings is 1. The summed E-state index contributed by atoms with van der Waals surface area (Å²) in [7, 11) is 0. The van der Waals surface area contributed by atoms with Gasteiger partial charge in [-0.3, -0.25) is 4.99 Å². The van der Waals surface area contributed by atoms with Crippen LogP contribution in [0, 0.1) is 0 Å². The first-order chi connectivity index (χ1) is 15.3. The number of hydrogen-bond acceptors (Lipinski definition) is 6.